The highest BCUT2D eigenvalue weighted by atomic mass is 35.5. The molecule has 0 amide bonds. The molecule has 1 aromatic rings. The van der Waals surface area contributed by atoms with E-state index in [0.29, 0.717) is 0 Å². The van der Waals surface area contributed by atoms with E-state index in [0.717, 1.165) is 15.3 Å². The van der Waals surface area contributed by atoms with Crippen LogP contribution in [-0.4, -0.2) is 30.0 Å². The zero-order valence-electron chi connectivity index (χ0n) is 10.5. The molecule has 106 valence electrons. The van der Waals surface area contributed by atoms with Gasteiger partial charge in [0.2, 0.25) is 10.0 Å². The second kappa shape index (κ2) is 6.18. The highest BCUT2D eigenvalue weighted by molar-refractivity contribution is 7.89. The van der Waals surface area contributed by atoms with Gasteiger partial charge in [0.05, 0.1) is 0 Å². The SMILES string of the molecule is Cn1cc(S(=O)(=O)NC/C=C/CCl)c(=O)n(C)c1=O. The standard InChI is InChI=1S/C10H14ClN3O4S/c1-13-7-8(9(15)14(2)10(13)16)19(17,18)12-6-4-3-5-11/h3-4,7,12H,5-6H2,1-2H3/b4-3+. The summed E-state index contributed by atoms with van der Waals surface area (Å²) < 4.78 is 27.8. The molecule has 19 heavy (non-hydrogen) atoms. The lowest BCUT2D eigenvalue weighted by molar-refractivity contribution is 0.574. The molecule has 0 aliphatic rings. The quantitative estimate of drug-likeness (QED) is 0.567. The lowest BCUT2D eigenvalue weighted by atomic mass is 10.5. The fourth-order valence-electron chi connectivity index (χ4n) is 1.34. The van der Waals surface area contributed by atoms with Gasteiger partial charge in [-0.1, -0.05) is 12.2 Å². The van der Waals surface area contributed by atoms with Crippen LogP contribution >= 0.6 is 11.6 Å². The minimum atomic E-state index is -3.97. The predicted octanol–water partition coefficient (Wildman–Crippen LogP) is -0.843. The van der Waals surface area contributed by atoms with Crippen LogP contribution in [0.4, 0.5) is 0 Å². The summed E-state index contributed by atoms with van der Waals surface area (Å²) in [4.78, 5) is 22.7. The normalized spacial score (nSPS) is 12.2. The summed E-state index contributed by atoms with van der Waals surface area (Å²) in [6.07, 6.45) is 4.10. The Labute approximate surface area is 115 Å². The number of aromatic nitrogens is 2. The number of aryl methyl sites for hydroxylation is 1. The third kappa shape index (κ3) is 3.55. The van der Waals surface area contributed by atoms with Gasteiger partial charge in [-0.25, -0.2) is 17.9 Å². The molecular formula is C10H14ClN3O4S. The monoisotopic (exact) mass is 307 g/mol. The van der Waals surface area contributed by atoms with Gasteiger partial charge in [-0.15, -0.1) is 11.6 Å². The molecule has 1 heterocycles. The van der Waals surface area contributed by atoms with Crippen LogP contribution in [0.3, 0.4) is 0 Å². The smallest absolute Gasteiger partial charge is 0.302 e. The molecule has 9 heteroatoms. The molecule has 0 spiro atoms. The highest BCUT2D eigenvalue weighted by Gasteiger charge is 2.20. The van der Waals surface area contributed by atoms with Gasteiger partial charge in [-0.2, -0.15) is 0 Å². The van der Waals surface area contributed by atoms with E-state index >= 15 is 0 Å². The van der Waals surface area contributed by atoms with Crippen molar-refractivity contribution in [3.63, 3.8) is 0 Å². The minimum Gasteiger partial charge on any atom is -0.302 e. The molecule has 7 nitrogen and oxygen atoms in total. The van der Waals surface area contributed by atoms with Crippen LogP contribution in [0.15, 0.2) is 32.8 Å². The van der Waals surface area contributed by atoms with Gasteiger partial charge < -0.3 is 4.57 Å². The number of hydrogen-bond donors (Lipinski definition) is 1. The molecule has 0 bridgehead atoms. The maximum Gasteiger partial charge on any atom is 0.330 e. The first-order chi connectivity index (χ1) is 8.81. The summed E-state index contributed by atoms with van der Waals surface area (Å²) in [7, 11) is -1.38. The molecule has 0 radical (unpaired) electrons. The van der Waals surface area contributed by atoms with E-state index in [-0.39, 0.29) is 12.4 Å². The van der Waals surface area contributed by atoms with Crippen molar-refractivity contribution in [3.8, 4) is 0 Å². The van der Waals surface area contributed by atoms with Crippen molar-refractivity contribution in [1.29, 1.82) is 0 Å². The molecule has 1 rings (SSSR count). The van der Waals surface area contributed by atoms with Gasteiger partial charge >= 0.3 is 5.69 Å². The second-order valence-electron chi connectivity index (χ2n) is 3.73. The van der Waals surface area contributed by atoms with E-state index in [2.05, 4.69) is 4.72 Å². The molecule has 1 N–H and O–H groups in total. The molecule has 0 atom stereocenters. The van der Waals surface area contributed by atoms with Crippen LogP contribution in [-0.2, 0) is 24.1 Å². The van der Waals surface area contributed by atoms with Gasteiger partial charge in [0, 0.05) is 32.7 Å². The third-order valence-electron chi connectivity index (χ3n) is 2.35. The van der Waals surface area contributed by atoms with Crippen molar-refractivity contribution in [1.82, 2.24) is 13.9 Å². The van der Waals surface area contributed by atoms with E-state index in [1.165, 1.54) is 20.2 Å². The summed E-state index contributed by atoms with van der Waals surface area (Å²) in [6, 6.07) is 0. The molecule has 0 saturated carbocycles. The first-order valence-electron chi connectivity index (χ1n) is 5.28. The number of rotatable bonds is 5. The van der Waals surface area contributed by atoms with Crippen molar-refractivity contribution in [2.75, 3.05) is 12.4 Å². The van der Waals surface area contributed by atoms with Crippen molar-refractivity contribution >= 4 is 21.6 Å². The van der Waals surface area contributed by atoms with Crippen LogP contribution in [0.2, 0.25) is 0 Å². The van der Waals surface area contributed by atoms with Gasteiger partial charge in [-0.3, -0.25) is 9.36 Å². The maximum absolute atomic E-state index is 11.9. The molecule has 0 unspecified atom stereocenters. The topological polar surface area (TPSA) is 90.2 Å². The van der Waals surface area contributed by atoms with E-state index in [9.17, 15) is 18.0 Å². The zero-order chi connectivity index (χ0) is 14.6. The molecule has 0 saturated heterocycles. The average Bonchev–Trinajstić information content (AvgIpc) is 2.36. The summed E-state index contributed by atoms with van der Waals surface area (Å²) in [5, 5.41) is 0. The number of allylic oxidation sites excluding steroid dienone is 1. The van der Waals surface area contributed by atoms with Crippen LogP contribution in [0.1, 0.15) is 0 Å². The van der Waals surface area contributed by atoms with Gasteiger partial charge in [-0.05, 0) is 0 Å². The van der Waals surface area contributed by atoms with Crippen LogP contribution < -0.4 is 16.0 Å². The average molecular weight is 308 g/mol. The summed E-state index contributed by atoms with van der Waals surface area (Å²) in [6.45, 7) is 0.0149. The van der Waals surface area contributed by atoms with Crippen molar-refractivity contribution in [2.24, 2.45) is 14.1 Å². The van der Waals surface area contributed by atoms with E-state index in [1.807, 2.05) is 0 Å². The Kier molecular flexibility index (Phi) is 5.10. The fraction of sp³-hybridized carbons (Fsp3) is 0.400. The van der Waals surface area contributed by atoms with E-state index in [1.54, 1.807) is 6.08 Å². The van der Waals surface area contributed by atoms with Crippen molar-refractivity contribution in [2.45, 2.75) is 4.90 Å². The van der Waals surface area contributed by atoms with Gasteiger partial charge in [0.15, 0.2) is 4.90 Å². The van der Waals surface area contributed by atoms with Crippen LogP contribution in [0, 0.1) is 0 Å². The van der Waals surface area contributed by atoms with Crippen molar-refractivity contribution in [3.05, 3.63) is 39.2 Å². The molecular weight excluding hydrogens is 294 g/mol. The Morgan fingerprint density at radius 3 is 2.53 bits per heavy atom. The van der Waals surface area contributed by atoms with Gasteiger partial charge in [0.25, 0.3) is 5.56 Å². The number of hydrogen-bond acceptors (Lipinski definition) is 4. The van der Waals surface area contributed by atoms with Crippen LogP contribution in [0.25, 0.3) is 0 Å². The second-order valence-corrected chi connectivity index (χ2v) is 5.77. The van der Waals surface area contributed by atoms with E-state index in [4.69, 9.17) is 11.6 Å². The Balaban J connectivity index is 3.20. The summed E-state index contributed by atoms with van der Waals surface area (Å²) in [5.74, 6) is 0.267. The Morgan fingerprint density at radius 2 is 1.95 bits per heavy atom. The first kappa shape index (κ1) is 15.7. The predicted molar refractivity (Wildman–Crippen MR) is 72.0 cm³/mol. The lowest BCUT2D eigenvalue weighted by Gasteiger charge is -2.07. The molecule has 0 aliphatic heterocycles. The summed E-state index contributed by atoms with van der Waals surface area (Å²) >= 11 is 5.40. The maximum atomic E-state index is 11.9. The molecule has 0 aromatic carbocycles. The summed E-state index contributed by atoms with van der Waals surface area (Å²) in [5.41, 5.74) is -1.46. The van der Waals surface area contributed by atoms with Crippen molar-refractivity contribution < 1.29 is 8.42 Å². The molecule has 0 fully saturated rings. The third-order valence-corrected chi connectivity index (χ3v) is 3.94. The highest BCUT2D eigenvalue weighted by Crippen LogP contribution is 1.99. The fourth-order valence-corrected chi connectivity index (χ4v) is 2.60. The van der Waals surface area contributed by atoms with Gasteiger partial charge in [0.1, 0.15) is 0 Å². The number of nitrogens with one attached hydrogen (secondary N) is 1. The largest absolute Gasteiger partial charge is 0.330 e. The Bertz CT molecular complexity index is 702. The lowest BCUT2D eigenvalue weighted by Crippen LogP contribution is -2.41. The number of alkyl halides is 1. The number of halogens is 1. The first-order valence-corrected chi connectivity index (χ1v) is 7.30. The molecule has 1 aromatic heterocycles. The zero-order valence-corrected chi connectivity index (χ0v) is 12.0. The number of sulfonamides is 1. The minimum absolute atomic E-state index is 0.0149. The van der Waals surface area contributed by atoms with E-state index < -0.39 is 26.2 Å². The number of nitrogens with zero attached hydrogens (tertiary/aromatic N) is 2. The molecule has 0 aliphatic carbocycles. The Morgan fingerprint density at radius 1 is 1.32 bits per heavy atom. The Hall–Kier alpha value is -1.38. The van der Waals surface area contributed by atoms with Crippen LogP contribution in [0.5, 0.6) is 0 Å².